The summed E-state index contributed by atoms with van der Waals surface area (Å²) in [6.07, 6.45) is 5.33. The van der Waals surface area contributed by atoms with Crippen molar-refractivity contribution >= 4 is 11.9 Å². The highest BCUT2D eigenvalue weighted by Gasteiger charge is 2.38. The van der Waals surface area contributed by atoms with Crippen LogP contribution in [0.15, 0.2) is 30.7 Å². The zero-order chi connectivity index (χ0) is 17.8. The van der Waals surface area contributed by atoms with Gasteiger partial charge in [-0.25, -0.2) is 9.48 Å². The molecule has 0 bridgehead atoms. The molecule has 9 heteroatoms. The minimum absolute atomic E-state index is 0.175. The normalized spacial score (nSPS) is 17.2. The van der Waals surface area contributed by atoms with E-state index in [0.29, 0.717) is 17.9 Å². The van der Waals surface area contributed by atoms with E-state index in [2.05, 4.69) is 20.6 Å². The van der Waals surface area contributed by atoms with E-state index in [1.54, 1.807) is 35.4 Å². The molecule has 0 aliphatic carbocycles. The number of carbonyl (C=O) groups is 2. The van der Waals surface area contributed by atoms with Gasteiger partial charge in [-0.05, 0) is 26.0 Å². The Morgan fingerprint density at radius 3 is 2.88 bits per heavy atom. The quantitative estimate of drug-likeness (QED) is 0.745. The van der Waals surface area contributed by atoms with Crippen molar-refractivity contribution in [2.24, 2.45) is 0 Å². The average molecular weight is 344 g/mol. The van der Waals surface area contributed by atoms with Gasteiger partial charge in [-0.1, -0.05) is 5.21 Å². The molecule has 1 atom stereocenters. The summed E-state index contributed by atoms with van der Waals surface area (Å²) >= 11 is 0. The van der Waals surface area contributed by atoms with Crippen molar-refractivity contribution in [3.8, 4) is 5.75 Å². The zero-order valence-corrected chi connectivity index (χ0v) is 14.1. The van der Waals surface area contributed by atoms with Crippen molar-refractivity contribution in [3.05, 3.63) is 36.4 Å². The second-order valence-corrected chi connectivity index (χ2v) is 6.02. The molecule has 0 saturated carbocycles. The lowest BCUT2D eigenvalue weighted by Gasteiger charge is -2.13. The van der Waals surface area contributed by atoms with Gasteiger partial charge in [-0.2, -0.15) is 0 Å². The zero-order valence-electron chi connectivity index (χ0n) is 14.1. The van der Waals surface area contributed by atoms with Crippen LogP contribution in [0.4, 0.5) is 4.79 Å². The summed E-state index contributed by atoms with van der Waals surface area (Å²) in [6.45, 7) is 4.37. The average Bonchev–Trinajstić information content (AvgIpc) is 3.16. The van der Waals surface area contributed by atoms with Gasteiger partial charge in [0, 0.05) is 24.9 Å². The number of urea groups is 1. The van der Waals surface area contributed by atoms with Crippen LogP contribution in [-0.2, 0) is 11.2 Å². The predicted octanol–water partition coefficient (Wildman–Crippen LogP) is 0.796. The third kappa shape index (κ3) is 3.93. The van der Waals surface area contributed by atoms with E-state index in [1.165, 1.54) is 0 Å². The molecule has 1 aliphatic rings. The van der Waals surface area contributed by atoms with Crippen LogP contribution >= 0.6 is 0 Å². The Hall–Kier alpha value is -2.97. The van der Waals surface area contributed by atoms with Crippen molar-refractivity contribution in [3.63, 3.8) is 0 Å². The van der Waals surface area contributed by atoms with Crippen molar-refractivity contribution in [2.45, 2.75) is 32.4 Å². The fraction of sp³-hybridized carbons (Fsp3) is 0.438. The Labute approximate surface area is 145 Å². The molecule has 1 aliphatic heterocycles. The highest BCUT2D eigenvalue weighted by atomic mass is 16.5. The molecule has 25 heavy (non-hydrogen) atoms. The van der Waals surface area contributed by atoms with Crippen molar-refractivity contribution in [1.29, 1.82) is 0 Å². The van der Waals surface area contributed by atoms with Crippen LogP contribution in [0.2, 0.25) is 0 Å². The fourth-order valence-electron chi connectivity index (χ4n) is 2.48. The number of hydrogen-bond donors (Lipinski definition) is 1. The number of pyridine rings is 1. The number of imide groups is 1. The van der Waals surface area contributed by atoms with Crippen LogP contribution < -0.4 is 10.1 Å². The maximum absolute atomic E-state index is 12.4. The van der Waals surface area contributed by atoms with Crippen LogP contribution in [0.25, 0.3) is 0 Å². The third-order valence-electron chi connectivity index (χ3n) is 3.83. The Kier molecular flexibility index (Phi) is 4.92. The minimum Gasteiger partial charge on any atom is -0.490 e. The van der Waals surface area contributed by atoms with E-state index in [9.17, 15) is 9.59 Å². The van der Waals surface area contributed by atoms with Crippen molar-refractivity contribution < 1.29 is 14.3 Å². The number of ether oxygens (including phenoxy) is 1. The van der Waals surface area contributed by atoms with Gasteiger partial charge >= 0.3 is 6.03 Å². The summed E-state index contributed by atoms with van der Waals surface area (Å²) in [5.41, 5.74) is 0.667. The van der Waals surface area contributed by atoms with Crippen LogP contribution in [0.5, 0.6) is 5.75 Å². The van der Waals surface area contributed by atoms with E-state index in [1.807, 2.05) is 13.8 Å². The van der Waals surface area contributed by atoms with Crippen molar-refractivity contribution in [2.75, 3.05) is 13.2 Å². The largest absolute Gasteiger partial charge is 0.490 e. The van der Waals surface area contributed by atoms with Gasteiger partial charge in [0.25, 0.3) is 5.91 Å². The minimum atomic E-state index is -0.622. The first-order valence-electron chi connectivity index (χ1n) is 8.10. The molecule has 0 aromatic carbocycles. The van der Waals surface area contributed by atoms with Crippen LogP contribution in [0, 0.1) is 0 Å². The molecular formula is C16H20N6O3. The van der Waals surface area contributed by atoms with E-state index >= 15 is 0 Å². The molecular weight excluding hydrogens is 324 g/mol. The van der Waals surface area contributed by atoms with Crippen LogP contribution in [-0.4, -0.2) is 56.0 Å². The molecule has 3 rings (SSSR count). The second-order valence-electron chi connectivity index (χ2n) is 6.02. The summed E-state index contributed by atoms with van der Waals surface area (Å²) in [5, 5.41) is 10.7. The number of nitrogens with one attached hydrogen (secondary N) is 1. The van der Waals surface area contributed by atoms with Gasteiger partial charge in [0.1, 0.15) is 18.4 Å². The summed E-state index contributed by atoms with van der Waals surface area (Å²) in [4.78, 5) is 29.5. The number of nitrogens with zero attached hydrogens (tertiary/aromatic N) is 5. The smallest absolute Gasteiger partial charge is 0.324 e. The second kappa shape index (κ2) is 7.29. The Morgan fingerprint density at radius 2 is 2.20 bits per heavy atom. The maximum Gasteiger partial charge on any atom is 0.324 e. The fourth-order valence-corrected chi connectivity index (χ4v) is 2.48. The standard InChI is InChI=1S/C16H20N6O3/c1-11(2)22-10-12(19-20-22)8-14-15(23)21(16(24)18-14)6-7-25-13-4-3-5-17-9-13/h3-5,9-11,14H,6-8H2,1-2H3,(H,18,24). The molecule has 0 radical (unpaired) electrons. The van der Waals surface area contributed by atoms with Gasteiger partial charge in [0.2, 0.25) is 0 Å². The highest BCUT2D eigenvalue weighted by Crippen LogP contribution is 2.12. The summed E-state index contributed by atoms with van der Waals surface area (Å²) in [5.74, 6) is 0.315. The molecule has 2 aromatic rings. The summed E-state index contributed by atoms with van der Waals surface area (Å²) in [7, 11) is 0. The molecule has 1 saturated heterocycles. The first-order chi connectivity index (χ1) is 12.0. The lowest BCUT2D eigenvalue weighted by atomic mass is 10.1. The first kappa shape index (κ1) is 16.9. The van der Waals surface area contributed by atoms with Gasteiger partial charge < -0.3 is 10.1 Å². The topological polar surface area (TPSA) is 102 Å². The molecule has 0 spiro atoms. The number of carbonyl (C=O) groups excluding carboxylic acids is 2. The number of amides is 3. The SMILES string of the molecule is CC(C)n1cc(CC2NC(=O)N(CCOc3cccnc3)C2=O)nn1. The van der Waals surface area contributed by atoms with Gasteiger partial charge in [0.15, 0.2) is 0 Å². The Morgan fingerprint density at radius 1 is 1.36 bits per heavy atom. The molecule has 1 unspecified atom stereocenters. The highest BCUT2D eigenvalue weighted by molar-refractivity contribution is 6.04. The van der Waals surface area contributed by atoms with Gasteiger partial charge in [0.05, 0.1) is 18.4 Å². The van der Waals surface area contributed by atoms with Crippen LogP contribution in [0.3, 0.4) is 0 Å². The number of hydrogen-bond acceptors (Lipinski definition) is 6. The molecule has 3 heterocycles. The van der Waals surface area contributed by atoms with Gasteiger partial charge in [-0.15, -0.1) is 5.10 Å². The third-order valence-corrected chi connectivity index (χ3v) is 3.83. The molecule has 9 nitrogen and oxygen atoms in total. The number of rotatable bonds is 7. The Balaban J connectivity index is 1.54. The lowest BCUT2D eigenvalue weighted by molar-refractivity contribution is -0.127. The maximum atomic E-state index is 12.4. The molecule has 1 N–H and O–H groups in total. The molecule has 132 valence electrons. The number of aromatic nitrogens is 4. The first-order valence-corrected chi connectivity index (χ1v) is 8.10. The summed E-state index contributed by atoms with van der Waals surface area (Å²) in [6, 6.07) is 2.67. The Bertz CT molecular complexity index is 745. The predicted molar refractivity (Wildman–Crippen MR) is 87.9 cm³/mol. The van der Waals surface area contributed by atoms with Crippen molar-refractivity contribution in [1.82, 2.24) is 30.2 Å². The van der Waals surface area contributed by atoms with Gasteiger partial charge in [-0.3, -0.25) is 14.7 Å². The molecule has 1 fully saturated rings. The van der Waals surface area contributed by atoms with E-state index in [0.717, 1.165) is 4.90 Å². The van der Waals surface area contributed by atoms with E-state index < -0.39 is 12.1 Å². The lowest BCUT2D eigenvalue weighted by Crippen LogP contribution is -2.35. The van der Waals surface area contributed by atoms with E-state index in [4.69, 9.17) is 4.74 Å². The molecule has 2 aromatic heterocycles. The monoisotopic (exact) mass is 344 g/mol. The van der Waals surface area contributed by atoms with Crippen LogP contribution in [0.1, 0.15) is 25.6 Å². The molecule has 3 amide bonds. The summed E-state index contributed by atoms with van der Waals surface area (Å²) < 4.78 is 7.20. The van der Waals surface area contributed by atoms with E-state index in [-0.39, 0.29) is 25.1 Å².